The Hall–Kier alpha value is -1.10. The summed E-state index contributed by atoms with van der Waals surface area (Å²) in [5.41, 5.74) is 11.5. The van der Waals surface area contributed by atoms with Crippen molar-refractivity contribution in [3.05, 3.63) is 0 Å². The van der Waals surface area contributed by atoms with Gasteiger partial charge in [-0.05, 0) is 12.8 Å². The van der Waals surface area contributed by atoms with E-state index in [0.717, 1.165) is 31.3 Å². The molecule has 5 nitrogen and oxygen atoms in total. The lowest BCUT2D eigenvalue weighted by Crippen LogP contribution is -2.23. The molecule has 1 saturated heterocycles. The van der Waals surface area contributed by atoms with Crippen LogP contribution in [0.3, 0.4) is 0 Å². The van der Waals surface area contributed by atoms with Crippen molar-refractivity contribution in [2.75, 3.05) is 13.1 Å². The van der Waals surface area contributed by atoms with E-state index >= 15 is 0 Å². The van der Waals surface area contributed by atoms with Gasteiger partial charge in [0.05, 0.1) is 5.71 Å². The van der Waals surface area contributed by atoms with Gasteiger partial charge in [-0.25, -0.2) is 0 Å². The van der Waals surface area contributed by atoms with Gasteiger partial charge in [-0.3, -0.25) is 4.90 Å². The van der Waals surface area contributed by atoms with E-state index in [9.17, 15) is 0 Å². The highest BCUT2D eigenvalue weighted by atomic mass is 15.3. The minimum Gasteiger partial charge on any atom is -0.369 e. The first-order valence-electron chi connectivity index (χ1n) is 4.64. The Morgan fingerprint density at radius 2 is 2.15 bits per heavy atom. The first-order chi connectivity index (χ1) is 6.25. The Kier molecular flexibility index (Phi) is 2.18. The Morgan fingerprint density at radius 1 is 1.38 bits per heavy atom. The molecule has 2 fully saturated rings. The molecule has 0 unspecified atom stereocenters. The summed E-state index contributed by atoms with van der Waals surface area (Å²) in [7, 11) is 0. The predicted molar refractivity (Wildman–Crippen MR) is 52.5 cm³/mol. The molecule has 5 heteroatoms. The van der Waals surface area contributed by atoms with E-state index in [1.54, 1.807) is 0 Å². The quantitative estimate of drug-likeness (QED) is 0.342. The zero-order chi connectivity index (χ0) is 9.26. The third-order valence-corrected chi connectivity index (χ3v) is 2.44. The van der Waals surface area contributed by atoms with Gasteiger partial charge < -0.3 is 11.5 Å². The van der Waals surface area contributed by atoms with Crippen LogP contribution in [0.1, 0.15) is 19.3 Å². The lowest BCUT2D eigenvalue weighted by molar-refractivity contribution is 0.338. The average molecular weight is 181 g/mol. The van der Waals surface area contributed by atoms with Crippen LogP contribution in [0.5, 0.6) is 0 Å². The molecule has 0 amide bonds. The summed E-state index contributed by atoms with van der Waals surface area (Å²) in [4.78, 5) is 2.45. The zero-order valence-corrected chi connectivity index (χ0v) is 7.61. The number of hydrogen-bond donors (Lipinski definition) is 2. The molecule has 1 aliphatic heterocycles. The van der Waals surface area contributed by atoms with Gasteiger partial charge in [-0.15, -0.1) is 5.10 Å². The first kappa shape index (κ1) is 8.50. The van der Waals surface area contributed by atoms with Crippen LogP contribution >= 0.6 is 0 Å². The second-order valence-corrected chi connectivity index (χ2v) is 3.64. The summed E-state index contributed by atoms with van der Waals surface area (Å²) in [5.74, 6) is 0.0392. The van der Waals surface area contributed by atoms with Crippen LogP contribution in [0, 0.1) is 0 Å². The van der Waals surface area contributed by atoms with E-state index in [4.69, 9.17) is 11.5 Å². The van der Waals surface area contributed by atoms with Crippen LogP contribution in [0.15, 0.2) is 10.2 Å². The van der Waals surface area contributed by atoms with Gasteiger partial charge >= 0.3 is 0 Å². The number of nitrogens with two attached hydrogens (primary N) is 2. The molecule has 1 aliphatic carbocycles. The van der Waals surface area contributed by atoms with Crippen molar-refractivity contribution in [1.82, 2.24) is 4.90 Å². The Balaban J connectivity index is 1.89. The largest absolute Gasteiger partial charge is 0.369 e. The summed E-state index contributed by atoms with van der Waals surface area (Å²) in [6, 6.07) is 0.812. The van der Waals surface area contributed by atoms with Crippen LogP contribution in [-0.4, -0.2) is 35.7 Å². The molecular weight excluding hydrogens is 166 g/mol. The fraction of sp³-hybridized carbons (Fsp3) is 0.750. The fourth-order valence-corrected chi connectivity index (χ4v) is 1.63. The van der Waals surface area contributed by atoms with Gasteiger partial charge in [0, 0.05) is 25.6 Å². The smallest absolute Gasteiger partial charge is 0.211 e. The maximum Gasteiger partial charge on any atom is 0.211 e. The standard InChI is InChI=1S/C8H15N5/c9-8(10)12-11-6-3-4-13(5-6)7-1-2-7/h7H,1-5H2,(H4,9,10,12). The molecule has 0 bridgehead atoms. The molecule has 0 radical (unpaired) electrons. The molecule has 0 spiro atoms. The molecule has 0 atom stereocenters. The summed E-state index contributed by atoms with van der Waals surface area (Å²) >= 11 is 0. The fourth-order valence-electron chi connectivity index (χ4n) is 1.63. The van der Waals surface area contributed by atoms with Gasteiger partial charge in [0.2, 0.25) is 5.96 Å². The van der Waals surface area contributed by atoms with E-state index in [-0.39, 0.29) is 5.96 Å². The highest BCUT2D eigenvalue weighted by Crippen LogP contribution is 2.28. The molecule has 0 aromatic rings. The predicted octanol–water partition coefficient (Wildman–Crippen LogP) is -0.516. The maximum atomic E-state index is 5.18. The van der Waals surface area contributed by atoms with Crippen molar-refractivity contribution in [2.45, 2.75) is 25.3 Å². The minimum atomic E-state index is 0.0392. The zero-order valence-electron chi connectivity index (χ0n) is 7.61. The first-order valence-corrected chi connectivity index (χ1v) is 4.64. The lowest BCUT2D eigenvalue weighted by atomic mass is 10.3. The van der Waals surface area contributed by atoms with Crippen LogP contribution in [0.25, 0.3) is 0 Å². The van der Waals surface area contributed by atoms with Crippen molar-refractivity contribution in [2.24, 2.45) is 21.7 Å². The second kappa shape index (κ2) is 3.33. The Labute approximate surface area is 77.5 Å². The van der Waals surface area contributed by atoms with Gasteiger partial charge in [-0.2, -0.15) is 5.10 Å². The third-order valence-electron chi connectivity index (χ3n) is 2.44. The maximum absolute atomic E-state index is 5.18. The Morgan fingerprint density at radius 3 is 2.77 bits per heavy atom. The molecule has 13 heavy (non-hydrogen) atoms. The van der Waals surface area contributed by atoms with Crippen molar-refractivity contribution in [3.63, 3.8) is 0 Å². The van der Waals surface area contributed by atoms with Gasteiger partial charge in [0.15, 0.2) is 0 Å². The molecule has 2 rings (SSSR count). The second-order valence-electron chi connectivity index (χ2n) is 3.64. The van der Waals surface area contributed by atoms with Gasteiger partial charge in [0.25, 0.3) is 0 Å². The number of nitrogens with zero attached hydrogens (tertiary/aromatic N) is 3. The molecule has 72 valence electrons. The number of hydrogen-bond acceptors (Lipinski definition) is 3. The van der Waals surface area contributed by atoms with Crippen molar-refractivity contribution in [3.8, 4) is 0 Å². The molecule has 1 heterocycles. The molecule has 0 aromatic carbocycles. The summed E-state index contributed by atoms with van der Waals surface area (Å²) < 4.78 is 0. The molecular formula is C8H15N5. The van der Waals surface area contributed by atoms with Crippen LogP contribution in [0.2, 0.25) is 0 Å². The minimum absolute atomic E-state index is 0.0392. The normalized spacial score (nSPS) is 26.6. The Bertz CT molecular complexity index is 249. The average Bonchev–Trinajstić information content (AvgIpc) is 2.83. The summed E-state index contributed by atoms with van der Waals surface area (Å²) in [5, 5.41) is 7.65. The van der Waals surface area contributed by atoms with Crippen LogP contribution in [0.4, 0.5) is 0 Å². The van der Waals surface area contributed by atoms with Crippen molar-refractivity contribution in [1.29, 1.82) is 0 Å². The van der Waals surface area contributed by atoms with Gasteiger partial charge in [0.1, 0.15) is 0 Å². The molecule has 0 aromatic heterocycles. The topological polar surface area (TPSA) is 80.0 Å². The van der Waals surface area contributed by atoms with E-state index < -0.39 is 0 Å². The SMILES string of the molecule is NC(N)=NN=C1CCN(C2CC2)C1. The number of guanidine groups is 1. The summed E-state index contributed by atoms with van der Waals surface area (Å²) in [6.45, 7) is 2.06. The third kappa shape index (κ3) is 2.18. The number of rotatable bonds is 2. The number of likely N-dealkylation sites (tertiary alicyclic amines) is 1. The van der Waals surface area contributed by atoms with E-state index in [2.05, 4.69) is 15.1 Å². The molecule has 2 aliphatic rings. The van der Waals surface area contributed by atoms with Crippen LogP contribution < -0.4 is 11.5 Å². The highest BCUT2D eigenvalue weighted by Gasteiger charge is 2.32. The lowest BCUT2D eigenvalue weighted by Gasteiger charge is -2.10. The monoisotopic (exact) mass is 181 g/mol. The van der Waals surface area contributed by atoms with Gasteiger partial charge in [-0.1, -0.05) is 0 Å². The van der Waals surface area contributed by atoms with Crippen molar-refractivity contribution < 1.29 is 0 Å². The molecule has 4 N–H and O–H groups in total. The van der Waals surface area contributed by atoms with Crippen molar-refractivity contribution >= 4 is 11.7 Å². The highest BCUT2D eigenvalue weighted by molar-refractivity contribution is 5.89. The van der Waals surface area contributed by atoms with E-state index in [1.165, 1.54) is 12.8 Å². The van der Waals surface area contributed by atoms with E-state index in [0.29, 0.717) is 0 Å². The van der Waals surface area contributed by atoms with E-state index in [1.807, 2.05) is 0 Å². The summed E-state index contributed by atoms with van der Waals surface area (Å²) in [6.07, 6.45) is 3.69. The van der Waals surface area contributed by atoms with Crippen LogP contribution in [-0.2, 0) is 0 Å². The molecule has 1 saturated carbocycles.